The average Bonchev–Trinajstić information content (AvgIpc) is 3.20. The Morgan fingerprint density at radius 2 is 1.77 bits per heavy atom. The maximum absolute atomic E-state index is 13.4. The lowest BCUT2D eigenvalue weighted by Gasteiger charge is -2.06. The lowest BCUT2D eigenvalue weighted by atomic mass is 10.1. The summed E-state index contributed by atoms with van der Waals surface area (Å²) in [5.74, 6) is 0.177. The van der Waals surface area contributed by atoms with Crippen LogP contribution in [0.5, 0.6) is 0 Å². The second kappa shape index (κ2) is 5.95. The van der Waals surface area contributed by atoms with E-state index in [9.17, 15) is 17.6 Å². The molecule has 0 aliphatic heterocycles. The zero-order valence-corrected chi connectivity index (χ0v) is 14.2. The van der Waals surface area contributed by atoms with Crippen LogP contribution in [0.4, 0.5) is 17.6 Å². The molecule has 0 amide bonds. The lowest BCUT2D eigenvalue weighted by molar-refractivity contribution is -0.137. The van der Waals surface area contributed by atoms with Gasteiger partial charge in [-0.1, -0.05) is 12.1 Å². The molecule has 2 aromatic heterocycles. The highest BCUT2D eigenvalue weighted by molar-refractivity contribution is 7.13. The van der Waals surface area contributed by atoms with Gasteiger partial charge in [-0.25, -0.2) is 9.37 Å². The first-order valence-electron chi connectivity index (χ1n) is 7.65. The van der Waals surface area contributed by atoms with Gasteiger partial charge in [-0.2, -0.15) is 13.2 Å². The van der Waals surface area contributed by atoms with Gasteiger partial charge in [0.2, 0.25) is 0 Å². The highest BCUT2D eigenvalue weighted by atomic mass is 32.1. The molecule has 26 heavy (non-hydrogen) atoms. The number of halogens is 4. The Hall–Kier alpha value is -2.67. The molecule has 0 radical (unpaired) electrons. The molecule has 0 spiro atoms. The van der Waals surface area contributed by atoms with Gasteiger partial charge >= 0.3 is 6.18 Å². The number of benzene rings is 2. The third kappa shape index (κ3) is 2.88. The molecule has 2 aromatic carbocycles. The van der Waals surface area contributed by atoms with Gasteiger partial charge in [0, 0.05) is 21.9 Å². The number of hydrogen-bond acceptors (Lipinski definition) is 3. The Balaban J connectivity index is 1.71. The first kappa shape index (κ1) is 16.8. The molecule has 0 saturated carbocycles. The molecular formula is C19H11F4NOS. The van der Waals surface area contributed by atoms with Gasteiger partial charge < -0.3 is 4.42 Å². The predicted octanol–water partition coefficient (Wildman–Crippen LogP) is 6.69. The Morgan fingerprint density at radius 1 is 1.04 bits per heavy atom. The van der Waals surface area contributed by atoms with Crippen molar-refractivity contribution in [3.63, 3.8) is 0 Å². The molecule has 0 N–H and O–H groups in total. The molecule has 0 saturated heterocycles. The van der Waals surface area contributed by atoms with Crippen molar-refractivity contribution in [2.24, 2.45) is 0 Å². The molecular weight excluding hydrogens is 366 g/mol. The van der Waals surface area contributed by atoms with Crippen LogP contribution in [0.3, 0.4) is 0 Å². The van der Waals surface area contributed by atoms with E-state index < -0.39 is 11.7 Å². The zero-order chi connectivity index (χ0) is 18.5. The van der Waals surface area contributed by atoms with Gasteiger partial charge in [-0.3, -0.25) is 0 Å². The molecule has 7 heteroatoms. The quantitative estimate of drug-likeness (QED) is 0.364. The van der Waals surface area contributed by atoms with E-state index in [2.05, 4.69) is 4.98 Å². The molecule has 2 nitrogen and oxygen atoms in total. The van der Waals surface area contributed by atoms with Crippen LogP contribution in [0.2, 0.25) is 0 Å². The molecule has 4 aromatic rings. The minimum absolute atomic E-state index is 0.350. The average molecular weight is 377 g/mol. The second-order valence-corrected chi connectivity index (χ2v) is 6.67. The van der Waals surface area contributed by atoms with Gasteiger partial charge in [-0.05, 0) is 37.3 Å². The molecule has 0 atom stereocenters. The number of nitrogens with zero attached hydrogens (tertiary/aromatic N) is 1. The lowest BCUT2D eigenvalue weighted by Crippen LogP contribution is -2.03. The van der Waals surface area contributed by atoms with Crippen molar-refractivity contribution in [2.75, 3.05) is 0 Å². The third-order valence-electron chi connectivity index (χ3n) is 4.09. The van der Waals surface area contributed by atoms with E-state index >= 15 is 0 Å². The van der Waals surface area contributed by atoms with Crippen molar-refractivity contribution >= 4 is 22.3 Å². The minimum atomic E-state index is -4.37. The topological polar surface area (TPSA) is 26.0 Å². The van der Waals surface area contributed by atoms with Crippen LogP contribution in [0.15, 0.2) is 52.3 Å². The molecule has 2 heterocycles. The monoisotopic (exact) mass is 377 g/mol. The van der Waals surface area contributed by atoms with E-state index in [0.29, 0.717) is 33.0 Å². The van der Waals surface area contributed by atoms with Crippen LogP contribution in [0.1, 0.15) is 11.1 Å². The summed E-state index contributed by atoms with van der Waals surface area (Å²) in [4.78, 5) is 4.47. The number of fused-ring (bicyclic) bond motifs is 1. The summed E-state index contributed by atoms with van der Waals surface area (Å²) < 4.78 is 57.2. The zero-order valence-electron chi connectivity index (χ0n) is 13.4. The number of hydrogen-bond donors (Lipinski definition) is 0. The molecule has 0 unspecified atom stereocenters. The molecule has 0 aliphatic rings. The summed E-state index contributed by atoms with van der Waals surface area (Å²) in [6.07, 6.45) is -4.37. The highest BCUT2D eigenvalue weighted by Gasteiger charge is 2.30. The number of rotatable bonds is 2. The summed E-state index contributed by atoms with van der Waals surface area (Å²) in [6, 6.07) is 9.14. The Kier molecular flexibility index (Phi) is 3.84. The van der Waals surface area contributed by atoms with E-state index in [1.165, 1.54) is 35.6 Å². The third-order valence-corrected chi connectivity index (χ3v) is 4.99. The van der Waals surface area contributed by atoms with Crippen molar-refractivity contribution in [3.8, 4) is 22.0 Å². The van der Waals surface area contributed by atoms with Crippen molar-refractivity contribution in [1.29, 1.82) is 0 Å². The van der Waals surface area contributed by atoms with Gasteiger partial charge in [0.25, 0.3) is 0 Å². The number of aromatic nitrogens is 1. The fraction of sp³-hybridized carbons (Fsp3) is 0.105. The summed E-state index contributed by atoms with van der Waals surface area (Å²) >= 11 is 1.31. The molecule has 0 fully saturated rings. The van der Waals surface area contributed by atoms with E-state index in [-0.39, 0.29) is 5.82 Å². The van der Waals surface area contributed by atoms with Crippen molar-refractivity contribution in [1.82, 2.24) is 4.98 Å². The Bertz CT molecular complexity index is 1090. The Morgan fingerprint density at radius 3 is 2.46 bits per heavy atom. The highest BCUT2D eigenvalue weighted by Crippen LogP contribution is 2.36. The van der Waals surface area contributed by atoms with Crippen LogP contribution in [-0.2, 0) is 6.18 Å². The van der Waals surface area contributed by atoms with E-state index in [0.717, 1.165) is 17.7 Å². The van der Waals surface area contributed by atoms with Gasteiger partial charge in [-0.15, -0.1) is 11.3 Å². The SMILES string of the molecule is Cc1c(-c2csc(-c3ccc(C(F)(F)F)cc3)n2)oc2ccc(F)cc12. The largest absolute Gasteiger partial charge is 0.454 e. The number of aryl methyl sites for hydroxylation is 1. The summed E-state index contributed by atoms with van der Waals surface area (Å²) in [5, 5.41) is 3.03. The summed E-state index contributed by atoms with van der Waals surface area (Å²) in [6.45, 7) is 1.82. The fourth-order valence-corrected chi connectivity index (χ4v) is 3.56. The number of thiazole rings is 1. The van der Waals surface area contributed by atoms with Crippen LogP contribution in [0.25, 0.3) is 33.0 Å². The smallest absolute Gasteiger partial charge is 0.416 e. The second-order valence-electron chi connectivity index (χ2n) is 5.81. The summed E-state index contributed by atoms with van der Waals surface area (Å²) in [7, 11) is 0. The van der Waals surface area contributed by atoms with Crippen molar-refractivity contribution < 1.29 is 22.0 Å². The first-order chi connectivity index (χ1) is 12.3. The van der Waals surface area contributed by atoms with Crippen molar-refractivity contribution in [2.45, 2.75) is 13.1 Å². The molecule has 4 rings (SSSR count). The van der Waals surface area contributed by atoms with Crippen molar-refractivity contribution in [3.05, 3.63) is 64.8 Å². The maximum Gasteiger partial charge on any atom is 0.416 e. The summed E-state index contributed by atoms with van der Waals surface area (Å²) in [5.41, 5.74) is 1.79. The minimum Gasteiger partial charge on any atom is -0.454 e. The Labute approximate surface area is 149 Å². The van der Waals surface area contributed by atoms with Crippen LogP contribution >= 0.6 is 11.3 Å². The van der Waals surface area contributed by atoms with Gasteiger partial charge in [0.1, 0.15) is 22.1 Å². The van der Waals surface area contributed by atoms with E-state index in [4.69, 9.17) is 4.42 Å². The first-order valence-corrected chi connectivity index (χ1v) is 8.53. The predicted molar refractivity (Wildman–Crippen MR) is 92.5 cm³/mol. The molecule has 0 bridgehead atoms. The number of alkyl halides is 3. The fourth-order valence-electron chi connectivity index (χ4n) is 2.75. The van der Waals surface area contributed by atoms with Gasteiger partial charge in [0.15, 0.2) is 5.76 Å². The van der Waals surface area contributed by atoms with Gasteiger partial charge in [0.05, 0.1) is 5.56 Å². The molecule has 132 valence electrons. The van der Waals surface area contributed by atoms with E-state index in [1.807, 2.05) is 6.92 Å². The van der Waals surface area contributed by atoms with Crippen LogP contribution < -0.4 is 0 Å². The van der Waals surface area contributed by atoms with Crippen LogP contribution in [-0.4, -0.2) is 4.98 Å². The van der Waals surface area contributed by atoms with Crippen LogP contribution in [0, 0.1) is 12.7 Å². The normalized spacial score (nSPS) is 12.0. The maximum atomic E-state index is 13.4. The number of furan rings is 1. The van der Waals surface area contributed by atoms with E-state index in [1.54, 1.807) is 11.4 Å². The standard InChI is InChI=1S/C19H11F4NOS/c1-10-14-8-13(20)6-7-16(14)25-17(10)15-9-26-18(24-15)11-2-4-12(5-3-11)19(21,22)23/h2-9H,1H3. The molecule has 0 aliphatic carbocycles.